The van der Waals surface area contributed by atoms with Gasteiger partial charge in [-0.05, 0) is 75.3 Å². The third kappa shape index (κ3) is 3.40. The molecule has 4 fully saturated rings. The number of thioether (sulfide) groups is 1. The summed E-state index contributed by atoms with van der Waals surface area (Å²) in [6.07, 6.45) is 7.81. The Labute approximate surface area is 163 Å². The fourth-order valence-corrected chi connectivity index (χ4v) is 6.38. The molecule has 1 N–H and O–H groups in total. The Morgan fingerprint density at radius 1 is 1.11 bits per heavy atom. The molecule has 5 nitrogen and oxygen atoms in total. The standard InChI is InChI=1S/C21H25N3O2S/c1-13-2-4-17(5-3-13)22-18(25)12-27-20-24-23-19(26-20)21-9-14-6-15(10-21)8-16(7-14)11-21/h2-5,14-16H,6-12H2,1H3,(H,22,25). The predicted molar refractivity (Wildman–Crippen MR) is 105 cm³/mol. The summed E-state index contributed by atoms with van der Waals surface area (Å²) in [4.78, 5) is 12.2. The van der Waals surface area contributed by atoms with Crippen molar-refractivity contribution in [2.24, 2.45) is 17.8 Å². The van der Waals surface area contributed by atoms with Gasteiger partial charge in [0.25, 0.3) is 5.22 Å². The lowest BCUT2D eigenvalue weighted by atomic mass is 9.49. The third-order valence-electron chi connectivity index (χ3n) is 6.56. The molecule has 0 spiro atoms. The van der Waals surface area contributed by atoms with E-state index >= 15 is 0 Å². The summed E-state index contributed by atoms with van der Waals surface area (Å²) in [5.41, 5.74) is 2.10. The first-order valence-corrected chi connectivity index (χ1v) is 10.9. The maximum Gasteiger partial charge on any atom is 0.277 e. The molecule has 1 aromatic heterocycles. The van der Waals surface area contributed by atoms with Crippen molar-refractivity contribution in [1.29, 1.82) is 0 Å². The van der Waals surface area contributed by atoms with Crippen molar-refractivity contribution in [3.8, 4) is 0 Å². The smallest absolute Gasteiger partial charge is 0.277 e. The molecule has 0 radical (unpaired) electrons. The minimum Gasteiger partial charge on any atom is -0.415 e. The number of hydrogen-bond donors (Lipinski definition) is 1. The van der Waals surface area contributed by atoms with Gasteiger partial charge in [-0.25, -0.2) is 0 Å². The SMILES string of the molecule is Cc1ccc(NC(=O)CSc2nnc(C34CC5CC(CC(C5)C3)C4)o2)cc1. The number of nitrogens with zero attached hydrogens (tertiary/aromatic N) is 2. The Balaban J connectivity index is 1.21. The van der Waals surface area contributed by atoms with Crippen LogP contribution in [0.1, 0.15) is 50.0 Å². The number of benzene rings is 1. The largest absolute Gasteiger partial charge is 0.415 e. The van der Waals surface area contributed by atoms with E-state index in [1.807, 2.05) is 31.2 Å². The lowest BCUT2D eigenvalue weighted by Gasteiger charge is -2.55. The molecule has 1 aromatic carbocycles. The number of carbonyl (C=O) groups is 1. The second kappa shape index (κ2) is 6.66. The molecular weight excluding hydrogens is 358 g/mol. The van der Waals surface area contributed by atoms with Gasteiger partial charge in [0.1, 0.15) is 0 Å². The first-order valence-electron chi connectivity index (χ1n) is 9.91. The van der Waals surface area contributed by atoms with Crippen molar-refractivity contribution in [1.82, 2.24) is 10.2 Å². The van der Waals surface area contributed by atoms with E-state index in [-0.39, 0.29) is 17.1 Å². The number of carbonyl (C=O) groups excluding carboxylic acids is 1. The first-order chi connectivity index (χ1) is 13.1. The van der Waals surface area contributed by atoms with Crippen molar-refractivity contribution in [2.75, 3.05) is 11.1 Å². The third-order valence-corrected chi connectivity index (χ3v) is 7.38. The average Bonchev–Trinajstić information content (AvgIpc) is 3.11. The Morgan fingerprint density at radius 2 is 1.74 bits per heavy atom. The van der Waals surface area contributed by atoms with E-state index < -0.39 is 0 Å². The molecule has 4 aliphatic rings. The molecule has 0 saturated heterocycles. The normalized spacial score (nSPS) is 31.2. The van der Waals surface area contributed by atoms with Crippen LogP contribution in [0.5, 0.6) is 0 Å². The van der Waals surface area contributed by atoms with Crippen LogP contribution >= 0.6 is 11.8 Å². The van der Waals surface area contributed by atoms with Gasteiger partial charge in [0.2, 0.25) is 11.8 Å². The van der Waals surface area contributed by atoms with E-state index in [1.54, 1.807) is 0 Å². The van der Waals surface area contributed by atoms with Gasteiger partial charge in [-0.15, -0.1) is 10.2 Å². The highest BCUT2D eigenvalue weighted by molar-refractivity contribution is 7.99. The van der Waals surface area contributed by atoms with E-state index in [2.05, 4.69) is 15.5 Å². The lowest BCUT2D eigenvalue weighted by Crippen LogP contribution is -2.48. The summed E-state index contributed by atoms with van der Waals surface area (Å²) in [5.74, 6) is 3.58. The highest BCUT2D eigenvalue weighted by atomic mass is 32.2. The first kappa shape index (κ1) is 17.3. The van der Waals surface area contributed by atoms with Crippen molar-refractivity contribution in [3.63, 3.8) is 0 Å². The van der Waals surface area contributed by atoms with Crippen LogP contribution < -0.4 is 5.32 Å². The molecule has 4 bridgehead atoms. The highest BCUT2D eigenvalue weighted by Gasteiger charge is 2.54. The molecule has 0 atom stereocenters. The van der Waals surface area contributed by atoms with E-state index in [9.17, 15) is 4.79 Å². The Hall–Kier alpha value is -1.82. The summed E-state index contributed by atoms with van der Waals surface area (Å²) in [6, 6.07) is 7.79. The summed E-state index contributed by atoms with van der Waals surface area (Å²) < 4.78 is 6.05. The molecular formula is C21H25N3O2S. The number of hydrogen-bond acceptors (Lipinski definition) is 5. The number of aromatic nitrogens is 2. The van der Waals surface area contributed by atoms with Gasteiger partial charge in [-0.2, -0.15) is 0 Å². The van der Waals surface area contributed by atoms with Gasteiger partial charge in [0.15, 0.2) is 0 Å². The van der Waals surface area contributed by atoms with Crippen molar-refractivity contribution in [2.45, 2.75) is 56.1 Å². The molecule has 1 amide bonds. The molecule has 6 heteroatoms. The van der Waals surface area contributed by atoms with Crippen molar-refractivity contribution in [3.05, 3.63) is 35.7 Å². The average molecular weight is 384 g/mol. The summed E-state index contributed by atoms with van der Waals surface area (Å²) in [6.45, 7) is 2.03. The quantitative estimate of drug-likeness (QED) is 0.766. The zero-order chi connectivity index (χ0) is 18.4. The molecule has 4 aliphatic carbocycles. The predicted octanol–water partition coefficient (Wildman–Crippen LogP) is 4.58. The monoisotopic (exact) mass is 383 g/mol. The van der Waals surface area contributed by atoms with E-state index in [1.165, 1.54) is 55.9 Å². The highest BCUT2D eigenvalue weighted by Crippen LogP contribution is 2.60. The molecule has 2 aromatic rings. The second-order valence-corrected chi connectivity index (χ2v) is 9.70. The van der Waals surface area contributed by atoms with Gasteiger partial charge in [0.05, 0.1) is 5.75 Å². The van der Waals surface area contributed by atoms with E-state index in [4.69, 9.17) is 4.42 Å². The zero-order valence-electron chi connectivity index (χ0n) is 15.6. The second-order valence-electron chi connectivity index (χ2n) is 8.77. The van der Waals surface area contributed by atoms with Gasteiger partial charge >= 0.3 is 0 Å². The van der Waals surface area contributed by atoms with Crippen LogP contribution in [0.3, 0.4) is 0 Å². The van der Waals surface area contributed by atoms with Crippen molar-refractivity contribution < 1.29 is 9.21 Å². The van der Waals surface area contributed by atoms with Crippen LogP contribution in [0.15, 0.2) is 33.9 Å². The molecule has 27 heavy (non-hydrogen) atoms. The minimum atomic E-state index is -0.0570. The lowest BCUT2D eigenvalue weighted by molar-refractivity contribution is -0.113. The number of nitrogens with one attached hydrogen (secondary N) is 1. The Morgan fingerprint density at radius 3 is 2.37 bits per heavy atom. The Bertz CT molecular complexity index is 810. The van der Waals surface area contributed by atoms with Crippen LogP contribution in [0, 0.1) is 24.7 Å². The molecule has 142 valence electrons. The fraction of sp³-hybridized carbons (Fsp3) is 0.571. The van der Waals surface area contributed by atoms with E-state index in [0.717, 1.165) is 29.3 Å². The van der Waals surface area contributed by atoms with Gasteiger partial charge in [-0.3, -0.25) is 4.79 Å². The van der Waals surface area contributed by atoms with E-state index in [0.29, 0.717) is 5.22 Å². The molecule has 1 heterocycles. The molecule has 0 unspecified atom stereocenters. The summed E-state index contributed by atoms with van der Waals surface area (Å²) in [7, 11) is 0. The number of anilines is 1. The Kier molecular flexibility index (Phi) is 4.26. The molecule has 0 aliphatic heterocycles. The van der Waals surface area contributed by atoms with Crippen LogP contribution in [-0.2, 0) is 10.2 Å². The fourth-order valence-electron chi connectivity index (χ4n) is 5.82. The number of rotatable bonds is 5. The van der Waals surface area contributed by atoms with Crippen LogP contribution in [0.25, 0.3) is 0 Å². The molecule has 6 rings (SSSR count). The topological polar surface area (TPSA) is 68.0 Å². The maximum absolute atomic E-state index is 12.2. The molecule has 4 saturated carbocycles. The van der Waals surface area contributed by atoms with Gasteiger partial charge in [-0.1, -0.05) is 29.5 Å². The van der Waals surface area contributed by atoms with Gasteiger partial charge < -0.3 is 9.73 Å². The summed E-state index contributed by atoms with van der Waals surface area (Å²) in [5, 5.41) is 12.1. The number of aryl methyl sites for hydroxylation is 1. The van der Waals surface area contributed by atoms with Crippen LogP contribution in [0.4, 0.5) is 5.69 Å². The van der Waals surface area contributed by atoms with Crippen LogP contribution in [0.2, 0.25) is 0 Å². The minimum absolute atomic E-state index is 0.0570. The van der Waals surface area contributed by atoms with Gasteiger partial charge in [0, 0.05) is 11.1 Å². The summed E-state index contributed by atoms with van der Waals surface area (Å²) >= 11 is 1.32. The zero-order valence-corrected chi connectivity index (χ0v) is 16.4. The van der Waals surface area contributed by atoms with Crippen molar-refractivity contribution >= 4 is 23.4 Å². The van der Waals surface area contributed by atoms with Crippen LogP contribution in [-0.4, -0.2) is 21.9 Å². The number of amides is 1. The maximum atomic E-state index is 12.2.